The molecule has 0 unspecified atom stereocenters. The standard InChI is InChI=1S/C15H22BrN3O/c1-2-18-7-3-5-13(18)14-6-4-8-19(14)15(20)12-9-11(16)10-17-12/h9-10,13-14,17H,2-8H2,1H3/t13-,14-/m1/s1. The summed E-state index contributed by atoms with van der Waals surface area (Å²) >= 11 is 3.40. The van der Waals surface area contributed by atoms with Crippen LogP contribution in [-0.2, 0) is 0 Å². The van der Waals surface area contributed by atoms with Crippen molar-refractivity contribution in [2.45, 2.75) is 44.7 Å². The van der Waals surface area contributed by atoms with Crippen LogP contribution >= 0.6 is 15.9 Å². The fourth-order valence-corrected chi connectivity index (χ4v) is 4.11. The maximum absolute atomic E-state index is 12.7. The quantitative estimate of drug-likeness (QED) is 0.919. The normalized spacial score (nSPS) is 27.4. The number of amides is 1. The Morgan fingerprint density at radius 3 is 2.80 bits per heavy atom. The third-order valence-corrected chi connectivity index (χ3v) is 5.16. The molecule has 2 aliphatic heterocycles. The number of nitrogens with one attached hydrogen (secondary N) is 1. The number of halogens is 1. The fourth-order valence-electron chi connectivity index (χ4n) is 3.77. The molecule has 110 valence electrons. The fraction of sp³-hybridized carbons (Fsp3) is 0.667. The van der Waals surface area contributed by atoms with Crippen LogP contribution in [0.3, 0.4) is 0 Å². The third-order valence-electron chi connectivity index (χ3n) is 4.70. The molecule has 0 radical (unpaired) electrons. The van der Waals surface area contributed by atoms with E-state index in [-0.39, 0.29) is 5.91 Å². The van der Waals surface area contributed by atoms with Crippen molar-refractivity contribution in [1.29, 1.82) is 0 Å². The highest BCUT2D eigenvalue weighted by molar-refractivity contribution is 9.10. The second kappa shape index (κ2) is 5.90. The van der Waals surface area contributed by atoms with E-state index in [1.165, 1.54) is 19.4 Å². The summed E-state index contributed by atoms with van der Waals surface area (Å²) < 4.78 is 0.938. The second-order valence-corrected chi connectivity index (χ2v) is 6.69. The van der Waals surface area contributed by atoms with Gasteiger partial charge in [0, 0.05) is 29.3 Å². The van der Waals surface area contributed by atoms with E-state index in [9.17, 15) is 4.79 Å². The van der Waals surface area contributed by atoms with Gasteiger partial charge in [0.05, 0.1) is 0 Å². The predicted molar refractivity (Wildman–Crippen MR) is 82.8 cm³/mol. The molecule has 4 nitrogen and oxygen atoms in total. The van der Waals surface area contributed by atoms with Gasteiger partial charge in [-0.15, -0.1) is 0 Å². The smallest absolute Gasteiger partial charge is 0.270 e. The highest BCUT2D eigenvalue weighted by Gasteiger charge is 2.39. The minimum Gasteiger partial charge on any atom is -0.356 e. The van der Waals surface area contributed by atoms with Crippen LogP contribution in [0.5, 0.6) is 0 Å². The average molecular weight is 340 g/mol. The Morgan fingerprint density at radius 2 is 2.10 bits per heavy atom. The Balaban J connectivity index is 1.77. The van der Waals surface area contributed by atoms with Gasteiger partial charge in [-0.2, -0.15) is 0 Å². The summed E-state index contributed by atoms with van der Waals surface area (Å²) in [6.45, 7) is 5.40. The van der Waals surface area contributed by atoms with Gasteiger partial charge in [-0.25, -0.2) is 0 Å². The lowest BCUT2D eigenvalue weighted by molar-refractivity contribution is 0.0645. The first kappa shape index (κ1) is 14.1. The summed E-state index contributed by atoms with van der Waals surface area (Å²) in [5, 5.41) is 0. The summed E-state index contributed by atoms with van der Waals surface area (Å²) in [6, 6.07) is 2.83. The van der Waals surface area contributed by atoms with Gasteiger partial charge in [-0.3, -0.25) is 9.69 Å². The number of nitrogens with zero attached hydrogens (tertiary/aromatic N) is 2. The molecule has 2 aliphatic rings. The minimum atomic E-state index is 0.154. The Morgan fingerprint density at radius 1 is 1.35 bits per heavy atom. The van der Waals surface area contributed by atoms with Crippen molar-refractivity contribution >= 4 is 21.8 Å². The first-order valence-corrected chi connectivity index (χ1v) is 8.39. The van der Waals surface area contributed by atoms with Gasteiger partial charge in [0.15, 0.2) is 0 Å². The van der Waals surface area contributed by atoms with Crippen molar-refractivity contribution < 1.29 is 4.79 Å². The molecule has 1 aromatic heterocycles. The lowest BCUT2D eigenvalue weighted by atomic mass is 10.0. The number of hydrogen-bond acceptors (Lipinski definition) is 2. The van der Waals surface area contributed by atoms with Gasteiger partial charge in [0.25, 0.3) is 5.91 Å². The van der Waals surface area contributed by atoms with Crippen LogP contribution in [0.4, 0.5) is 0 Å². The average Bonchev–Trinajstić information content (AvgIpc) is 3.16. The van der Waals surface area contributed by atoms with Crippen molar-refractivity contribution in [2.24, 2.45) is 0 Å². The van der Waals surface area contributed by atoms with Gasteiger partial charge < -0.3 is 9.88 Å². The van der Waals surface area contributed by atoms with E-state index in [0.29, 0.717) is 17.8 Å². The predicted octanol–water partition coefficient (Wildman–Crippen LogP) is 2.87. The zero-order chi connectivity index (χ0) is 14.1. The molecule has 0 bridgehead atoms. The summed E-state index contributed by atoms with van der Waals surface area (Å²) in [4.78, 5) is 20.4. The maximum atomic E-state index is 12.7. The van der Waals surface area contributed by atoms with Gasteiger partial charge in [-0.1, -0.05) is 6.92 Å². The van der Waals surface area contributed by atoms with Gasteiger partial charge in [-0.05, 0) is 60.8 Å². The monoisotopic (exact) mass is 339 g/mol. The molecule has 2 saturated heterocycles. The van der Waals surface area contributed by atoms with Crippen molar-refractivity contribution in [2.75, 3.05) is 19.6 Å². The summed E-state index contributed by atoms with van der Waals surface area (Å²) in [5.41, 5.74) is 0.699. The van der Waals surface area contributed by atoms with Crippen LogP contribution in [0.15, 0.2) is 16.7 Å². The van der Waals surface area contributed by atoms with Crippen molar-refractivity contribution in [3.63, 3.8) is 0 Å². The number of likely N-dealkylation sites (N-methyl/N-ethyl adjacent to an activating group) is 1. The number of carbonyl (C=O) groups is 1. The van der Waals surface area contributed by atoms with Gasteiger partial charge in [0.1, 0.15) is 5.69 Å². The molecule has 3 rings (SSSR count). The Bertz CT molecular complexity index is 487. The van der Waals surface area contributed by atoms with E-state index < -0.39 is 0 Å². The van der Waals surface area contributed by atoms with Crippen LogP contribution in [0.1, 0.15) is 43.1 Å². The summed E-state index contributed by atoms with van der Waals surface area (Å²) in [5.74, 6) is 0.154. The molecule has 0 spiro atoms. The summed E-state index contributed by atoms with van der Waals surface area (Å²) in [6.07, 6.45) is 6.61. The molecule has 1 amide bonds. The summed E-state index contributed by atoms with van der Waals surface area (Å²) in [7, 11) is 0. The molecule has 1 N–H and O–H groups in total. The molecule has 20 heavy (non-hydrogen) atoms. The van der Waals surface area contributed by atoms with Crippen molar-refractivity contribution in [1.82, 2.24) is 14.8 Å². The number of rotatable bonds is 3. The lowest BCUT2D eigenvalue weighted by Crippen LogP contribution is -2.48. The largest absolute Gasteiger partial charge is 0.356 e. The van der Waals surface area contributed by atoms with E-state index in [4.69, 9.17) is 0 Å². The highest BCUT2D eigenvalue weighted by Crippen LogP contribution is 2.30. The zero-order valence-electron chi connectivity index (χ0n) is 11.9. The van der Waals surface area contributed by atoms with Crippen molar-refractivity contribution in [3.8, 4) is 0 Å². The molecule has 2 atom stereocenters. The SMILES string of the molecule is CCN1CCC[C@@H]1[C@H]1CCCN1C(=O)c1cc(Br)c[nH]1. The number of H-pyrrole nitrogens is 1. The number of aromatic nitrogens is 1. The highest BCUT2D eigenvalue weighted by atomic mass is 79.9. The molecule has 1 aromatic rings. The van der Waals surface area contributed by atoms with E-state index >= 15 is 0 Å². The van der Waals surface area contributed by atoms with E-state index in [0.717, 1.165) is 30.4 Å². The lowest BCUT2D eigenvalue weighted by Gasteiger charge is -2.34. The molecule has 5 heteroatoms. The molecular weight excluding hydrogens is 318 g/mol. The Hall–Kier alpha value is -0.810. The number of likely N-dealkylation sites (tertiary alicyclic amines) is 2. The van der Waals surface area contributed by atoms with E-state index in [1.807, 2.05) is 12.3 Å². The minimum absolute atomic E-state index is 0.154. The Labute approximate surface area is 128 Å². The van der Waals surface area contributed by atoms with Crippen LogP contribution in [-0.4, -0.2) is 52.4 Å². The van der Waals surface area contributed by atoms with Gasteiger partial charge >= 0.3 is 0 Å². The topological polar surface area (TPSA) is 39.3 Å². The van der Waals surface area contributed by atoms with Crippen LogP contribution < -0.4 is 0 Å². The molecule has 0 aromatic carbocycles. The van der Waals surface area contributed by atoms with Crippen LogP contribution in [0.2, 0.25) is 0 Å². The van der Waals surface area contributed by atoms with Gasteiger partial charge in [0.2, 0.25) is 0 Å². The molecular formula is C15H22BrN3O. The maximum Gasteiger partial charge on any atom is 0.270 e. The molecule has 0 saturated carbocycles. The number of hydrogen-bond donors (Lipinski definition) is 1. The van der Waals surface area contributed by atoms with Crippen LogP contribution in [0.25, 0.3) is 0 Å². The first-order valence-electron chi connectivity index (χ1n) is 7.59. The van der Waals surface area contributed by atoms with E-state index in [1.54, 1.807) is 0 Å². The first-order chi connectivity index (χ1) is 9.70. The second-order valence-electron chi connectivity index (χ2n) is 5.78. The third kappa shape index (κ3) is 2.53. The van der Waals surface area contributed by atoms with Crippen molar-refractivity contribution in [3.05, 3.63) is 22.4 Å². The molecule has 3 heterocycles. The zero-order valence-corrected chi connectivity index (χ0v) is 13.5. The number of carbonyl (C=O) groups excluding carboxylic acids is 1. The van der Waals surface area contributed by atoms with Crippen LogP contribution in [0, 0.1) is 0 Å². The molecule has 0 aliphatic carbocycles. The van der Waals surface area contributed by atoms with E-state index in [2.05, 4.69) is 37.6 Å². The number of aromatic amines is 1. The Kier molecular flexibility index (Phi) is 4.17. The molecule has 2 fully saturated rings.